The number of anilines is 1. The van der Waals surface area contributed by atoms with Crippen molar-refractivity contribution < 1.29 is 32.2 Å². The van der Waals surface area contributed by atoms with Crippen molar-refractivity contribution in [2.45, 2.75) is 26.1 Å². The zero-order chi connectivity index (χ0) is 26.0. The first kappa shape index (κ1) is 31.2. The van der Waals surface area contributed by atoms with Crippen LogP contribution < -0.4 is 20.1 Å². The van der Waals surface area contributed by atoms with Crippen LogP contribution in [-0.2, 0) is 22.3 Å². The molecular formula is C25H32BrClF3N3O4. The lowest BCUT2D eigenvalue weighted by atomic mass is 10.2. The fourth-order valence-corrected chi connectivity index (χ4v) is 4.32. The van der Waals surface area contributed by atoms with Gasteiger partial charge in [0.05, 0.1) is 29.9 Å². The third kappa shape index (κ3) is 10.3. The number of amides is 1. The monoisotopic (exact) mass is 609 g/mol. The number of rotatable bonds is 12. The second-order valence-electron chi connectivity index (χ2n) is 8.24. The van der Waals surface area contributed by atoms with E-state index in [4.69, 9.17) is 14.2 Å². The van der Waals surface area contributed by atoms with Crippen LogP contribution in [0.1, 0.15) is 24.5 Å². The number of ether oxygens (including phenoxy) is 3. The van der Waals surface area contributed by atoms with E-state index in [0.29, 0.717) is 29.1 Å². The van der Waals surface area contributed by atoms with Gasteiger partial charge in [-0.3, -0.25) is 9.69 Å². The molecule has 0 atom stereocenters. The second-order valence-corrected chi connectivity index (χ2v) is 9.09. The largest absolute Gasteiger partial charge is 0.490 e. The smallest absolute Gasteiger partial charge is 0.416 e. The summed E-state index contributed by atoms with van der Waals surface area (Å²) in [6.07, 6.45) is -3.46. The van der Waals surface area contributed by atoms with Gasteiger partial charge in [-0.1, -0.05) is 6.07 Å². The van der Waals surface area contributed by atoms with E-state index in [2.05, 4.69) is 31.5 Å². The topological polar surface area (TPSA) is 72.1 Å². The first-order valence-electron chi connectivity index (χ1n) is 11.8. The number of hydrogen-bond acceptors (Lipinski definition) is 6. The predicted octanol–water partition coefficient (Wildman–Crippen LogP) is 5.12. The van der Waals surface area contributed by atoms with Crippen molar-refractivity contribution in [3.05, 3.63) is 52.0 Å². The number of nitrogens with one attached hydrogen (secondary N) is 2. The maximum atomic E-state index is 12.9. The lowest BCUT2D eigenvalue weighted by Gasteiger charge is -2.26. The fraction of sp³-hybridized carbons (Fsp3) is 0.480. The van der Waals surface area contributed by atoms with E-state index < -0.39 is 24.3 Å². The standard InChI is InChI=1S/C25H31BrF3N3O4.ClH/c1-2-35-22-14-18(16-30-7-4-8-32-9-11-34-12-10-32)13-21(26)24(22)36-17-23(33)31-20-6-3-5-19(15-20)25(27,28)29;/h3,5-6,13-15,30H,2,4,7-12,16-17H2,1H3,(H,31,33);1H. The molecule has 0 bridgehead atoms. The van der Waals surface area contributed by atoms with Gasteiger partial charge in [-0.15, -0.1) is 12.4 Å². The Morgan fingerprint density at radius 1 is 1.16 bits per heavy atom. The summed E-state index contributed by atoms with van der Waals surface area (Å²) in [5.41, 5.74) is 0.183. The molecule has 0 spiro atoms. The Bertz CT molecular complexity index is 1010. The molecule has 0 aromatic heterocycles. The molecule has 2 aromatic rings. The molecule has 0 aliphatic carbocycles. The molecule has 0 unspecified atom stereocenters. The minimum absolute atomic E-state index is 0. The highest BCUT2D eigenvalue weighted by Gasteiger charge is 2.30. The van der Waals surface area contributed by atoms with E-state index in [9.17, 15) is 18.0 Å². The SMILES string of the molecule is CCOc1cc(CNCCCN2CCOCC2)cc(Br)c1OCC(=O)Nc1cccc(C(F)(F)F)c1.Cl. The van der Waals surface area contributed by atoms with Crippen LogP contribution in [-0.4, -0.2) is 63.4 Å². The van der Waals surface area contributed by atoms with E-state index in [1.165, 1.54) is 12.1 Å². The van der Waals surface area contributed by atoms with Crippen LogP contribution >= 0.6 is 28.3 Å². The average molecular weight is 611 g/mol. The van der Waals surface area contributed by atoms with Crippen molar-refractivity contribution in [3.63, 3.8) is 0 Å². The predicted molar refractivity (Wildman–Crippen MR) is 142 cm³/mol. The van der Waals surface area contributed by atoms with Gasteiger partial charge < -0.3 is 24.8 Å². The normalized spacial score (nSPS) is 14.1. The molecule has 0 saturated carbocycles. The number of hydrogen-bond donors (Lipinski definition) is 2. The van der Waals surface area contributed by atoms with Crippen molar-refractivity contribution in [3.8, 4) is 11.5 Å². The van der Waals surface area contributed by atoms with Gasteiger partial charge in [0.1, 0.15) is 0 Å². The third-order valence-corrected chi connectivity index (χ3v) is 6.04. The third-order valence-electron chi connectivity index (χ3n) is 5.45. The van der Waals surface area contributed by atoms with Gasteiger partial charge in [-0.2, -0.15) is 13.2 Å². The highest BCUT2D eigenvalue weighted by molar-refractivity contribution is 9.10. The summed E-state index contributed by atoms with van der Waals surface area (Å²) in [6.45, 7) is 7.92. The number of benzene rings is 2. The summed E-state index contributed by atoms with van der Waals surface area (Å²) in [4.78, 5) is 14.7. The molecule has 7 nitrogen and oxygen atoms in total. The maximum Gasteiger partial charge on any atom is 0.416 e. The Kier molecular flexibility index (Phi) is 13.0. The van der Waals surface area contributed by atoms with E-state index >= 15 is 0 Å². The zero-order valence-electron chi connectivity index (χ0n) is 20.5. The molecule has 1 fully saturated rings. The lowest BCUT2D eigenvalue weighted by Crippen LogP contribution is -2.37. The Morgan fingerprint density at radius 3 is 2.62 bits per heavy atom. The lowest BCUT2D eigenvalue weighted by molar-refractivity contribution is -0.137. The van der Waals surface area contributed by atoms with Crippen LogP contribution in [0.4, 0.5) is 18.9 Å². The van der Waals surface area contributed by atoms with E-state index in [1.807, 2.05) is 19.1 Å². The maximum absolute atomic E-state index is 12.9. The molecule has 2 aromatic carbocycles. The van der Waals surface area contributed by atoms with E-state index in [1.54, 1.807) is 0 Å². The number of morpholine rings is 1. The second kappa shape index (κ2) is 15.4. The molecule has 0 radical (unpaired) electrons. The first-order chi connectivity index (χ1) is 17.3. The summed E-state index contributed by atoms with van der Waals surface area (Å²) >= 11 is 3.48. The summed E-state index contributed by atoms with van der Waals surface area (Å²) < 4.78 is 56.1. The summed E-state index contributed by atoms with van der Waals surface area (Å²) in [6, 6.07) is 8.18. The molecule has 37 heavy (non-hydrogen) atoms. The van der Waals surface area contributed by atoms with Crippen LogP contribution in [0.2, 0.25) is 0 Å². The van der Waals surface area contributed by atoms with E-state index in [0.717, 1.165) is 63.5 Å². The average Bonchev–Trinajstić information content (AvgIpc) is 2.84. The van der Waals surface area contributed by atoms with E-state index in [-0.39, 0.29) is 18.1 Å². The molecule has 1 aliphatic heterocycles. The van der Waals surface area contributed by atoms with Crippen molar-refractivity contribution in [2.75, 3.05) is 57.9 Å². The Labute approximate surface area is 229 Å². The van der Waals surface area contributed by atoms with Crippen molar-refractivity contribution in [2.24, 2.45) is 0 Å². The van der Waals surface area contributed by atoms with Gasteiger partial charge in [-0.05, 0) is 78.3 Å². The van der Waals surface area contributed by atoms with Gasteiger partial charge in [0.15, 0.2) is 18.1 Å². The highest BCUT2D eigenvalue weighted by atomic mass is 79.9. The van der Waals surface area contributed by atoms with Crippen LogP contribution in [0.5, 0.6) is 11.5 Å². The number of carbonyl (C=O) groups is 1. The molecule has 1 saturated heterocycles. The van der Waals surface area contributed by atoms with Gasteiger partial charge in [0, 0.05) is 25.3 Å². The van der Waals surface area contributed by atoms with Crippen molar-refractivity contribution in [1.82, 2.24) is 10.2 Å². The Balaban J connectivity index is 0.00000481. The number of alkyl halides is 3. The van der Waals surface area contributed by atoms with Crippen LogP contribution in [0, 0.1) is 0 Å². The van der Waals surface area contributed by atoms with Crippen LogP contribution in [0.3, 0.4) is 0 Å². The molecule has 2 N–H and O–H groups in total. The quantitative estimate of drug-likeness (QED) is 0.325. The number of nitrogens with zero attached hydrogens (tertiary/aromatic N) is 1. The van der Waals surface area contributed by atoms with Crippen LogP contribution in [0.15, 0.2) is 40.9 Å². The first-order valence-corrected chi connectivity index (χ1v) is 12.6. The zero-order valence-corrected chi connectivity index (χ0v) is 22.9. The minimum atomic E-state index is -4.49. The summed E-state index contributed by atoms with van der Waals surface area (Å²) in [5.74, 6) is 0.241. The summed E-state index contributed by atoms with van der Waals surface area (Å²) in [7, 11) is 0. The minimum Gasteiger partial charge on any atom is -0.490 e. The Morgan fingerprint density at radius 2 is 1.92 bits per heavy atom. The molecular weight excluding hydrogens is 579 g/mol. The Hall–Kier alpha value is -2.05. The van der Waals surface area contributed by atoms with Crippen molar-refractivity contribution in [1.29, 1.82) is 0 Å². The molecule has 1 aliphatic rings. The van der Waals surface area contributed by atoms with Crippen LogP contribution in [0.25, 0.3) is 0 Å². The summed E-state index contributed by atoms with van der Waals surface area (Å²) in [5, 5.41) is 5.86. The van der Waals surface area contributed by atoms with Crippen molar-refractivity contribution >= 4 is 39.9 Å². The molecule has 206 valence electrons. The van der Waals surface area contributed by atoms with Gasteiger partial charge in [0.25, 0.3) is 5.91 Å². The molecule has 3 rings (SSSR count). The molecule has 1 amide bonds. The molecule has 12 heteroatoms. The van der Waals surface area contributed by atoms with Gasteiger partial charge in [-0.25, -0.2) is 0 Å². The molecule has 1 heterocycles. The number of carbonyl (C=O) groups excluding carboxylic acids is 1. The van der Waals surface area contributed by atoms with Gasteiger partial charge in [0.2, 0.25) is 0 Å². The number of halogens is 5. The highest BCUT2D eigenvalue weighted by Crippen LogP contribution is 2.37. The fourth-order valence-electron chi connectivity index (χ4n) is 3.72. The van der Waals surface area contributed by atoms with Gasteiger partial charge >= 0.3 is 6.18 Å².